The van der Waals surface area contributed by atoms with Gasteiger partial charge in [0.25, 0.3) is 5.91 Å². The highest BCUT2D eigenvalue weighted by molar-refractivity contribution is 6.04. The summed E-state index contributed by atoms with van der Waals surface area (Å²) in [5, 5.41) is 5.69. The van der Waals surface area contributed by atoms with Gasteiger partial charge in [-0.05, 0) is 114 Å². The van der Waals surface area contributed by atoms with Crippen molar-refractivity contribution in [1.29, 1.82) is 0 Å². The molecule has 0 spiro atoms. The molecule has 2 aromatic heterocycles. The minimum absolute atomic E-state index is 0.245. The number of nitrogens with one attached hydrogen (secondary N) is 2. The molecule has 2 amide bonds. The maximum Gasteiger partial charge on any atom is 0.413 e. The van der Waals surface area contributed by atoms with E-state index in [4.69, 9.17) is 9.72 Å². The number of benzene rings is 2. The molecule has 2 aromatic carbocycles. The van der Waals surface area contributed by atoms with Crippen LogP contribution in [0.4, 0.5) is 16.6 Å². The van der Waals surface area contributed by atoms with Gasteiger partial charge in [0.1, 0.15) is 11.4 Å². The number of likely N-dealkylation sites (tertiary alicyclic amines) is 1. The number of hydrogen-bond acceptors (Lipinski definition) is 6. The van der Waals surface area contributed by atoms with Gasteiger partial charge in [0, 0.05) is 29.2 Å². The number of unbranched alkanes of at least 4 members (excludes halogenated alkanes) is 3. The summed E-state index contributed by atoms with van der Waals surface area (Å²) in [5.41, 5.74) is 3.46. The second-order valence-corrected chi connectivity index (χ2v) is 12.9. The summed E-state index contributed by atoms with van der Waals surface area (Å²) < 4.78 is 7.25. The molecule has 1 fully saturated rings. The van der Waals surface area contributed by atoms with Crippen molar-refractivity contribution in [1.82, 2.24) is 19.4 Å². The minimum atomic E-state index is -0.600. The quantitative estimate of drug-likeness (QED) is 0.155. The molecule has 0 aliphatic carbocycles. The molecule has 4 aromatic rings. The Morgan fingerprint density at radius 2 is 1.63 bits per heavy atom. The van der Waals surface area contributed by atoms with E-state index in [-0.39, 0.29) is 5.91 Å². The molecule has 0 saturated carbocycles. The van der Waals surface area contributed by atoms with E-state index >= 15 is 0 Å². The van der Waals surface area contributed by atoms with Crippen LogP contribution in [0.15, 0.2) is 79.1 Å². The lowest BCUT2D eigenvalue weighted by molar-refractivity contribution is 0.0635. The third-order valence-corrected chi connectivity index (χ3v) is 7.97. The SMILES string of the molecule is CC(C)(C)OC(=O)Nc1ccc(-c2cccc(C(=O)Nc3nc(CCCCCCN4CCCCC4)cn3-c3ccccc3)c2)cn1. The Kier molecular flexibility index (Phi) is 11.2. The van der Waals surface area contributed by atoms with E-state index < -0.39 is 11.7 Å². The van der Waals surface area contributed by atoms with E-state index in [1.54, 1.807) is 39.1 Å². The number of rotatable bonds is 12. The third-order valence-electron chi connectivity index (χ3n) is 7.97. The zero-order valence-electron chi connectivity index (χ0n) is 27.3. The number of anilines is 2. The third kappa shape index (κ3) is 9.75. The molecule has 2 N–H and O–H groups in total. The van der Waals surface area contributed by atoms with Crippen LogP contribution in [0.25, 0.3) is 16.8 Å². The van der Waals surface area contributed by atoms with Crippen LogP contribution in [0.3, 0.4) is 0 Å². The van der Waals surface area contributed by atoms with Crippen molar-refractivity contribution >= 4 is 23.8 Å². The first-order chi connectivity index (χ1) is 22.2. The van der Waals surface area contributed by atoms with E-state index in [9.17, 15) is 9.59 Å². The van der Waals surface area contributed by atoms with E-state index in [0.29, 0.717) is 17.3 Å². The number of carbonyl (C=O) groups excluding carboxylic acids is 2. The Morgan fingerprint density at radius 1 is 0.848 bits per heavy atom. The lowest BCUT2D eigenvalue weighted by atomic mass is 10.0. The molecule has 0 atom stereocenters. The number of piperidine rings is 1. The number of imidazole rings is 1. The molecular formula is C37H46N6O3. The van der Waals surface area contributed by atoms with Crippen molar-refractivity contribution in [2.45, 2.75) is 77.7 Å². The molecule has 0 bridgehead atoms. The van der Waals surface area contributed by atoms with Crippen molar-refractivity contribution in [2.24, 2.45) is 0 Å². The Balaban J connectivity index is 1.21. The van der Waals surface area contributed by atoms with Crippen LogP contribution in [0.1, 0.15) is 81.8 Å². The Bertz CT molecular complexity index is 1570. The molecule has 9 nitrogen and oxygen atoms in total. The van der Waals surface area contributed by atoms with Gasteiger partial charge in [-0.25, -0.2) is 14.8 Å². The summed E-state index contributed by atoms with van der Waals surface area (Å²) in [4.78, 5) is 37.4. The fourth-order valence-electron chi connectivity index (χ4n) is 5.66. The topological polar surface area (TPSA) is 101 Å². The number of amides is 2. The fourth-order valence-corrected chi connectivity index (χ4v) is 5.66. The van der Waals surface area contributed by atoms with Gasteiger partial charge in [-0.3, -0.25) is 20.0 Å². The zero-order valence-corrected chi connectivity index (χ0v) is 27.3. The average molecular weight is 623 g/mol. The molecule has 0 radical (unpaired) electrons. The van der Waals surface area contributed by atoms with Crippen molar-refractivity contribution in [2.75, 3.05) is 30.3 Å². The van der Waals surface area contributed by atoms with Crippen molar-refractivity contribution in [3.8, 4) is 16.8 Å². The summed E-state index contributed by atoms with van der Waals surface area (Å²) >= 11 is 0. The number of carbonyl (C=O) groups is 2. The Morgan fingerprint density at radius 3 is 2.37 bits per heavy atom. The number of pyridine rings is 1. The summed E-state index contributed by atoms with van der Waals surface area (Å²) in [5.74, 6) is 0.638. The summed E-state index contributed by atoms with van der Waals surface area (Å²) in [6.07, 6.45) is 12.8. The van der Waals surface area contributed by atoms with E-state index in [1.807, 2.05) is 65.4 Å². The van der Waals surface area contributed by atoms with Gasteiger partial charge >= 0.3 is 6.09 Å². The van der Waals surface area contributed by atoms with Crippen LogP contribution >= 0.6 is 0 Å². The van der Waals surface area contributed by atoms with Crippen LogP contribution in [-0.4, -0.2) is 56.7 Å². The average Bonchev–Trinajstić information content (AvgIpc) is 3.45. The largest absolute Gasteiger partial charge is 0.444 e. The zero-order chi connectivity index (χ0) is 32.4. The predicted octanol–water partition coefficient (Wildman–Crippen LogP) is 8.12. The normalized spacial score (nSPS) is 13.7. The lowest BCUT2D eigenvalue weighted by Crippen LogP contribution is -2.30. The summed E-state index contributed by atoms with van der Waals surface area (Å²) in [6, 6.07) is 20.9. The van der Waals surface area contributed by atoms with Crippen molar-refractivity contribution < 1.29 is 14.3 Å². The second-order valence-electron chi connectivity index (χ2n) is 12.9. The molecule has 0 unspecified atom stereocenters. The smallest absolute Gasteiger partial charge is 0.413 e. The van der Waals surface area contributed by atoms with Crippen LogP contribution < -0.4 is 10.6 Å². The van der Waals surface area contributed by atoms with Gasteiger partial charge in [0.05, 0.1) is 5.69 Å². The second kappa shape index (κ2) is 15.7. The van der Waals surface area contributed by atoms with Gasteiger partial charge in [0.2, 0.25) is 5.95 Å². The van der Waals surface area contributed by atoms with Gasteiger partial charge in [0.15, 0.2) is 0 Å². The summed E-state index contributed by atoms with van der Waals surface area (Å²) in [6.45, 7) is 9.15. The molecule has 1 aliphatic heterocycles. The first-order valence-electron chi connectivity index (χ1n) is 16.5. The molecule has 46 heavy (non-hydrogen) atoms. The first-order valence-corrected chi connectivity index (χ1v) is 16.5. The number of ether oxygens (including phenoxy) is 1. The number of para-hydroxylation sites is 1. The van der Waals surface area contributed by atoms with Gasteiger partial charge in [-0.15, -0.1) is 0 Å². The summed E-state index contributed by atoms with van der Waals surface area (Å²) in [7, 11) is 0. The minimum Gasteiger partial charge on any atom is -0.444 e. The predicted molar refractivity (Wildman–Crippen MR) is 184 cm³/mol. The highest BCUT2D eigenvalue weighted by Gasteiger charge is 2.18. The van der Waals surface area contributed by atoms with Crippen LogP contribution in [-0.2, 0) is 11.2 Å². The van der Waals surface area contributed by atoms with Crippen LogP contribution in [0.2, 0.25) is 0 Å². The maximum atomic E-state index is 13.5. The van der Waals surface area contributed by atoms with Crippen LogP contribution in [0.5, 0.6) is 0 Å². The van der Waals surface area contributed by atoms with Crippen LogP contribution in [0, 0.1) is 0 Å². The van der Waals surface area contributed by atoms with E-state index in [1.165, 1.54) is 58.2 Å². The highest BCUT2D eigenvalue weighted by atomic mass is 16.6. The molecule has 1 aliphatic rings. The maximum absolute atomic E-state index is 13.5. The Hall–Kier alpha value is -4.50. The molecule has 3 heterocycles. The fraction of sp³-hybridized carbons (Fsp3) is 0.405. The molecule has 5 rings (SSSR count). The van der Waals surface area contributed by atoms with E-state index in [2.05, 4.69) is 20.5 Å². The number of nitrogens with zero attached hydrogens (tertiary/aromatic N) is 4. The molecule has 1 saturated heterocycles. The Labute approximate surface area is 272 Å². The van der Waals surface area contributed by atoms with Gasteiger partial charge < -0.3 is 9.64 Å². The first kappa shape index (κ1) is 32.9. The molecular weight excluding hydrogens is 576 g/mol. The molecule has 9 heteroatoms. The number of aryl methyl sites for hydroxylation is 1. The van der Waals surface area contributed by atoms with E-state index in [0.717, 1.165) is 35.3 Å². The van der Waals surface area contributed by atoms with Crippen molar-refractivity contribution in [3.05, 3.63) is 90.4 Å². The van der Waals surface area contributed by atoms with Crippen molar-refractivity contribution in [3.63, 3.8) is 0 Å². The standard InChI is InChI=1S/C37H46N6O3/c1-37(2,3)46-36(45)40-33-21-20-30(26-38-33)28-15-14-16-29(25-28)34(44)41-35-39-31(27-43(35)32-18-9-6-10-19-32)17-8-4-5-11-22-42-23-12-7-13-24-42/h6,9-10,14-16,18-21,25-27H,4-5,7-8,11-13,17,22-24H2,1-3H3,(H,38,40,45)(H,39,41,44). The molecule has 242 valence electrons. The lowest BCUT2D eigenvalue weighted by Gasteiger charge is -2.26. The monoisotopic (exact) mass is 622 g/mol. The van der Waals surface area contributed by atoms with Gasteiger partial charge in [-0.2, -0.15) is 0 Å². The number of hydrogen-bond donors (Lipinski definition) is 2. The van der Waals surface area contributed by atoms with Gasteiger partial charge in [-0.1, -0.05) is 49.6 Å². The highest BCUT2D eigenvalue weighted by Crippen LogP contribution is 2.23. The number of aromatic nitrogens is 3.